The third kappa shape index (κ3) is 41.9. The van der Waals surface area contributed by atoms with Crippen molar-refractivity contribution < 1.29 is 42.9 Å². The lowest BCUT2D eigenvalue weighted by Gasteiger charge is -2.25. The van der Waals surface area contributed by atoms with Gasteiger partial charge in [-0.05, 0) is 44.9 Å². The van der Waals surface area contributed by atoms with Crippen molar-refractivity contribution in [2.75, 3.05) is 47.5 Å². The Kier molecular flexibility index (Phi) is 39.9. The third-order valence-electron chi connectivity index (χ3n) is 10.5. The highest BCUT2D eigenvalue weighted by molar-refractivity contribution is 5.71. The molecule has 0 aromatic heterocycles. The molecule has 0 aromatic carbocycles. The van der Waals surface area contributed by atoms with E-state index in [1.165, 1.54) is 141 Å². The molecule has 0 heterocycles. The minimum Gasteiger partial charge on any atom is -0.477 e. The second-order valence-corrected chi connectivity index (χ2v) is 17.4. The van der Waals surface area contributed by atoms with Crippen molar-refractivity contribution in [1.82, 2.24) is 0 Å². The molecular formula is C49H92NO8+. The van der Waals surface area contributed by atoms with E-state index < -0.39 is 24.3 Å². The number of carbonyl (C=O) groups is 3. The normalized spacial score (nSPS) is 13.1. The Morgan fingerprint density at radius 1 is 0.517 bits per heavy atom. The zero-order valence-electron chi connectivity index (χ0n) is 38.5. The minimum atomic E-state index is -1.50. The Balaban J connectivity index is 4.18. The quantitative estimate of drug-likeness (QED) is 0.0213. The van der Waals surface area contributed by atoms with Gasteiger partial charge in [0.2, 0.25) is 0 Å². The van der Waals surface area contributed by atoms with Gasteiger partial charge >= 0.3 is 17.9 Å². The summed E-state index contributed by atoms with van der Waals surface area (Å²) >= 11 is 0. The third-order valence-corrected chi connectivity index (χ3v) is 10.5. The first-order valence-corrected chi connectivity index (χ1v) is 24.0. The van der Waals surface area contributed by atoms with Gasteiger partial charge in [0.05, 0.1) is 34.4 Å². The summed E-state index contributed by atoms with van der Waals surface area (Å²) < 4.78 is 22.7. The Labute approximate surface area is 357 Å². The fourth-order valence-corrected chi connectivity index (χ4v) is 6.69. The van der Waals surface area contributed by atoms with E-state index >= 15 is 0 Å². The van der Waals surface area contributed by atoms with E-state index in [-0.39, 0.29) is 32.2 Å². The number of carboxylic acid groups (broad SMARTS) is 1. The van der Waals surface area contributed by atoms with Crippen LogP contribution in [-0.4, -0.2) is 87.4 Å². The van der Waals surface area contributed by atoms with Crippen molar-refractivity contribution in [2.24, 2.45) is 0 Å². The molecule has 58 heavy (non-hydrogen) atoms. The molecule has 2 unspecified atom stereocenters. The summed E-state index contributed by atoms with van der Waals surface area (Å²) in [5, 5.41) is 9.62. The van der Waals surface area contributed by atoms with Gasteiger partial charge in [-0.3, -0.25) is 9.59 Å². The molecule has 0 saturated carbocycles. The van der Waals surface area contributed by atoms with Crippen molar-refractivity contribution in [3.05, 3.63) is 24.3 Å². The molecule has 0 aromatic rings. The van der Waals surface area contributed by atoms with Crippen LogP contribution >= 0.6 is 0 Å². The van der Waals surface area contributed by atoms with Crippen LogP contribution in [0, 0.1) is 0 Å². The zero-order chi connectivity index (χ0) is 42.8. The van der Waals surface area contributed by atoms with Gasteiger partial charge in [-0.15, -0.1) is 0 Å². The van der Waals surface area contributed by atoms with E-state index in [9.17, 15) is 19.5 Å². The molecular weight excluding hydrogens is 731 g/mol. The molecule has 0 rings (SSSR count). The molecule has 0 bridgehead atoms. The number of rotatable bonds is 44. The fourth-order valence-electron chi connectivity index (χ4n) is 6.69. The number of likely N-dealkylation sites (N-methyl/N-ethyl adjacent to an activating group) is 1. The summed E-state index contributed by atoms with van der Waals surface area (Å²) in [4.78, 5) is 37.0. The Morgan fingerprint density at radius 3 is 1.36 bits per heavy atom. The molecule has 0 radical (unpaired) electrons. The van der Waals surface area contributed by atoms with Gasteiger partial charge in [0.15, 0.2) is 6.10 Å². The van der Waals surface area contributed by atoms with Crippen molar-refractivity contribution in [3.63, 3.8) is 0 Å². The maximum absolute atomic E-state index is 12.8. The minimum absolute atomic E-state index is 0.179. The van der Waals surface area contributed by atoms with Crippen LogP contribution in [0.4, 0.5) is 0 Å². The van der Waals surface area contributed by atoms with Gasteiger partial charge < -0.3 is 28.5 Å². The van der Waals surface area contributed by atoms with Crippen LogP contribution in [0.2, 0.25) is 0 Å². The average Bonchev–Trinajstić information content (AvgIpc) is 3.18. The largest absolute Gasteiger partial charge is 0.477 e. The number of quaternary nitrogens is 1. The number of aliphatic carboxylic acids is 1. The fraction of sp³-hybridized carbons (Fsp3) is 0.857. The van der Waals surface area contributed by atoms with Crippen LogP contribution in [-0.2, 0) is 33.3 Å². The molecule has 0 aliphatic rings. The lowest BCUT2D eigenvalue weighted by atomic mass is 10.0. The predicted molar refractivity (Wildman–Crippen MR) is 240 cm³/mol. The van der Waals surface area contributed by atoms with Gasteiger partial charge in [-0.1, -0.05) is 179 Å². The van der Waals surface area contributed by atoms with Gasteiger partial charge in [0.1, 0.15) is 13.2 Å². The first kappa shape index (κ1) is 55.8. The maximum atomic E-state index is 12.8. The van der Waals surface area contributed by atoms with E-state index in [1.807, 2.05) is 21.1 Å². The summed E-state index contributed by atoms with van der Waals surface area (Å²) in [6.07, 6.45) is 42.6. The standard InChI is InChI=1S/C49H91NO8/c1-6-8-10-12-14-16-17-18-19-20-21-22-23-24-25-26-27-28-29-30-31-32-34-36-38-40-47(52)58-45(44-57-49(48(53)54)55-42-41-50(3,4)5)43-56-46(51)39-37-35-33-15-13-11-9-7-2/h17-18,20-21,45,49H,6-16,19,22-44H2,1-5H3/p+1/b18-17-,21-20-. The van der Waals surface area contributed by atoms with Crippen LogP contribution in [0.1, 0.15) is 213 Å². The van der Waals surface area contributed by atoms with Crippen LogP contribution < -0.4 is 0 Å². The molecule has 0 fully saturated rings. The second kappa shape index (κ2) is 41.5. The highest BCUT2D eigenvalue weighted by Gasteiger charge is 2.25. The van der Waals surface area contributed by atoms with Crippen molar-refractivity contribution in [2.45, 2.75) is 225 Å². The van der Waals surface area contributed by atoms with E-state index in [0.717, 1.165) is 44.9 Å². The number of hydrogen-bond acceptors (Lipinski definition) is 7. The smallest absolute Gasteiger partial charge is 0.361 e. The van der Waals surface area contributed by atoms with E-state index in [2.05, 4.69) is 38.2 Å². The predicted octanol–water partition coefficient (Wildman–Crippen LogP) is 12.8. The van der Waals surface area contributed by atoms with E-state index in [1.54, 1.807) is 0 Å². The van der Waals surface area contributed by atoms with Crippen LogP contribution in [0.25, 0.3) is 0 Å². The summed E-state index contributed by atoms with van der Waals surface area (Å²) in [7, 11) is 5.95. The number of ether oxygens (including phenoxy) is 4. The number of hydrogen-bond donors (Lipinski definition) is 1. The molecule has 9 nitrogen and oxygen atoms in total. The number of allylic oxidation sites excluding steroid dienone is 4. The highest BCUT2D eigenvalue weighted by Crippen LogP contribution is 2.15. The number of nitrogens with zero attached hydrogens (tertiary/aromatic N) is 1. The van der Waals surface area contributed by atoms with E-state index in [4.69, 9.17) is 18.9 Å². The Morgan fingerprint density at radius 2 is 0.931 bits per heavy atom. The van der Waals surface area contributed by atoms with E-state index in [0.29, 0.717) is 17.4 Å². The highest BCUT2D eigenvalue weighted by atomic mass is 16.7. The van der Waals surface area contributed by atoms with Crippen molar-refractivity contribution >= 4 is 17.9 Å². The molecule has 1 N–H and O–H groups in total. The number of carbonyl (C=O) groups excluding carboxylic acids is 2. The molecule has 0 amide bonds. The summed E-state index contributed by atoms with van der Waals surface area (Å²) in [5.74, 6) is -2.00. The zero-order valence-corrected chi connectivity index (χ0v) is 38.5. The SMILES string of the molecule is CCCCCCC/C=C\C/C=C\CCCCCCCCCCCCCCCC(=O)OC(COC(=O)CCCCCCCCCC)COC(OCC[N+](C)(C)C)C(=O)O. The van der Waals surface area contributed by atoms with Crippen molar-refractivity contribution in [3.8, 4) is 0 Å². The van der Waals surface area contributed by atoms with Gasteiger partial charge in [0.25, 0.3) is 6.29 Å². The summed E-state index contributed by atoms with van der Waals surface area (Å²) in [5.41, 5.74) is 0. The summed E-state index contributed by atoms with van der Waals surface area (Å²) in [6, 6.07) is 0. The maximum Gasteiger partial charge on any atom is 0.361 e. The summed E-state index contributed by atoms with van der Waals surface area (Å²) in [6.45, 7) is 4.84. The lowest BCUT2D eigenvalue weighted by Crippen LogP contribution is -2.40. The Hall–Kier alpha value is -2.23. The molecule has 2 atom stereocenters. The Bertz CT molecular complexity index is 1010. The molecule has 0 aliphatic heterocycles. The lowest BCUT2D eigenvalue weighted by molar-refractivity contribution is -0.870. The van der Waals surface area contributed by atoms with Gasteiger partial charge in [-0.2, -0.15) is 0 Å². The molecule has 0 aliphatic carbocycles. The molecule has 0 saturated heterocycles. The monoisotopic (exact) mass is 823 g/mol. The number of unbranched alkanes of at least 4 members (excludes halogenated alkanes) is 25. The van der Waals surface area contributed by atoms with Crippen LogP contribution in [0.15, 0.2) is 24.3 Å². The number of carboxylic acids is 1. The molecule has 9 heteroatoms. The first-order valence-electron chi connectivity index (χ1n) is 24.0. The van der Waals surface area contributed by atoms with Crippen LogP contribution in [0.3, 0.4) is 0 Å². The van der Waals surface area contributed by atoms with Crippen LogP contribution in [0.5, 0.6) is 0 Å². The topological polar surface area (TPSA) is 108 Å². The van der Waals surface area contributed by atoms with Gasteiger partial charge in [0, 0.05) is 12.8 Å². The average molecular weight is 823 g/mol. The second-order valence-electron chi connectivity index (χ2n) is 17.4. The van der Waals surface area contributed by atoms with Gasteiger partial charge in [-0.25, -0.2) is 4.79 Å². The van der Waals surface area contributed by atoms with Crippen molar-refractivity contribution in [1.29, 1.82) is 0 Å². The molecule has 340 valence electrons. The molecule has 0 spiro atoms. The first-order chi connectivity index (χ1) is 28.1. The number of esters is 2.